The summed E-state index contributed by atoms with van der Waals surface area (Å²) in [4.78, 5) is 7.27. The monoisotopic (exact) mass is 655 g/mol. The first-order valence-corrected chi connectivity index (χ1v) is 17.5. The molecule has 242 valence electrons. The van der Waals surface area contributed by atoms with E-state index in [0.29, 0.717) is 5.89 Å². The molecule has 1 aliphatic rings. The highest BCUT2D eigenvalue weighted by atomic mass is 16.3. The van der Waals surface area contributed by atoms with Gasteiger partial charge in [-0.15, -0.1) is 0 Å². The fourth-order valence-electron chi connectivity index (χ4n) is 7.73. The van der Waals surface area contributed by atoms with E-state index >= 15 is 0 Å². The Hall–Kier alpha value is -6.65. The van der Waals surface area contributed by atoms with E-state index in [1.807, 2.05) is 30.3 Å². The molecule has 0 radical (unpaired) electrons. The van der Waals surface area contributed by atoms with E-state index in [1.54, 1.807) is 0 Å². The van der Waals surface area contributed by atoms with Gasteiger partial charge >= 0.3 is 0 Å². The Labute approximate surface area is 296 Å². The van der Waals surface area contributed by atoms with Crippen LogP contribution in [0.25, 0.3) is 67.3 Å². The number of anilines is 2. The van der Waals surface area contributed by atoms with Crippen molar-refractivity contribution in [3.63, 3.8) is 0 Å². The molecule has 51 heavy (non-hydrogen) atoms. The van der Waals surface area contributed by atoms with E-state index in [-0.39, 0.29) is 0 Å². The molecule has 1 aliphatic carbocycles. The summed E-state index contributed by atoms with van der Waals surface area (Å²) < 4.78 is 8.81. The molecule has 4 nitrogen and oxygen atoms in total. The number of aryl methyl sites for hydroxylation is 1. The third-order valence-electron chi connectivity index (χ3n) is 10.1. The summed E-state index contributed by atoms with van der Waals surface area (Å²) in [5.74, 6) is 0.663. The third kappa shape index (κ3) is 5.03. The maximum atomic E-state index is 6.44. The van der Waals surface area contributed by atoms with Crippen LogP contribution in [0.3, 0.4) is 0 Å². The minimum Gasteiger partial charge on any atom is -0.436 e. The predicted molar refractivity (Wildman–Crippen MR) is 211 cm³/mol. The predicted octanol–water partition coefficient (Wildman–Crippen LogP) is 12.4. The minimum atomic E-state index is 0.663. The van der Waals surface area contributed by atoms with Crippen LogP contribution in [0.15, 0.2) is 180 Å². The van der Waals surface area contributed by atoms with Gasteiger partial charge in [0.25, 0.3) is 0 Å². The van der Waals surface area contributed by atoms with E-state index in [1.165, 1.54) is 49.8 Å². The topological polar surface area (TPSA) is 34.2 Å². The smallest absolute Gasteiger partial charge is 0.227 e. The number of fused-ring (bicyclic) bond motifs is 6. The molecule has 0 atom stereocenters. The number of hydrogen-bond acceptors (Lipinski definition) is 3. The van der Waals surface area contributed by atoms with Crippen LogP contribution < -0.4 is 4.90 Å². The van der Waals surface area contributed by atoms with Crippen LogP contribution in [-0.4, -0.2) is 9.55 Å². The van der Waals surface area contributed by atoms with Crippen molar-refractivity contribution in [1.82, 2.24) is 9.55 Å². The second-order valence-corrected chi connectivity index (χ2v) is 13.1. The van der Waals surface area contributed by atoms with Crippen molar-refractivity contribution in [2.45, 2.75) is 12.8 Å². The van der Waals surface area contributed by atoms with E-state index < -0.39 is 0 Å². The Balaban J connectivity index is 1.10. The second-order valence-electron chi connectivity index (χ2n) is 13.1. The lowest BCUT2D eigenvalue weighted by Crippen LogP contribution is -2.19. The highest BCUT2D eigenvalue weighted by Crippen LogP contribution is 2.40. The van der Waals surface area contributed by atoms with Crippen LogP contribution in [0.4, 0.5) is 11.4 Å². The summed E-state index contributed by atoms with van der Waals surface area (Å²) in [5, 5.41) is 2.53. The second kappa shape index (κ2) is 12.0. The largest absolute Gasteiger partial charge is 0.436 e. The average molecular weight is 656 g/mol. The molecule has 0 N–H and O–H groups in total. The minimum absolute atomic E-state index is 0.663. The Morgan fingerprint density at radius 1 is 0.529 bits per heavy atom. The van der Waals surface area contributed by atoms with Crippen LogP contribution in [0, 0.1) is 0 Å². The summed E-state index contributed by atoms with van der Waals surface area (Å²) in [6.45, 7) is 0. The molecule has 0 saturated heterocycles. The van der Waals surface area contributed by atoms with Crippen molar-refractivity contribution in [2.24, 2.45) is 0 Å². The highest BCUT2D eigenvalue weighted by Gasteiger charge is 2.23. The SMILES string of the molecule is C1=C(N(c2ccc(-n3c4ccccc4c4ccccc43)cc2)c2cccc(-c3ccccc3)c2)CCc2c1ccc1nc(-c3ccccc3)oc21. The quantitative estimate of drug-likeness (QED) is 0.179. The number of allylic oxidation sites excluding steroid dienone is 1. The van der Waals surface area contributed by atoms with Gasteiger partial charge in [-0.25, -0.2) is 4.98 Å². The molecule has 0 amide bonds. The zero-order valence-electron chi connectivity index (χ0n) is 27.9. The molecule has 10 rings (SSSR count). The van der Waals surface area contributed by atoms with Crippen LogP contribution >= 0.6 is 0 Å². The third-order valence-corrected chi connectivity index (χ3v) is 10.1. The Kier molecular flexibility index (Phi) is 6.91. The molecule has 4 heteroatoms. The lowest BCUT2D eigenvalue weighted by Gasteiger charge is -2.31. The van der Waals surface area contributed by atoms with Crippen LogP contribution in [0.2, 0.25) is 0 Å². The summed E-state index contributed by atoms with van der Waals surface area (Å²) in [6.07, 6.45) is 4.05. The Morgan fingerprint density at radius 3 is 1.90 bits per heavy atom. The zero-order valence-corrected chi connectivity index (χ0v) is 27.9. The number of hydrogen-bond donors (Lipinski definition) is 0. The van der Waals surface area contributed by atoms with Gasteiger partial charge in [0.05, 0.1) is 11.0 Å². The first-order valence-electron chi connectivity index (χ1n) is 17.5. The van der Waals surface area contributed by atoms with Crippen LogP contribution in [0.5, 0.6) is 0 Å². The zero-order chi connectivity index (χ0) is 33.7. The van der Waals surface area contributed by atoms with Gasteiger partial charge in [0.2, 0.25) is 5.89 Å². The molecule has 9 aromatic rings. The summed E-state index contributed by atoms with van der Waals surface area (Å²) in [6, 6.07) is 60.3. The van der Waals surface area contributed by atoms with Crippen molar-refractivity contribution in [1.29, 1.82) is 0 Å². The summed E-state index contributed by atoms with van der Waals surface area (Å²) in [5.41, 5.74) is 14.6. The normalized spacial score (nSPS) is 12.7. The maximum absolute atomic E-state index is 6.44. The molecule has 0 aliphatic heterocycles. The van der Waals surface area contributed by atoms with Gasteiger partial charge in [-0.1, -0.05) is 103 Å². The number of aromatic nitrogens is 2. The summed E-state index contributed by atoms with van der Waals surface area (Å²) in [7, 11) is 0. The van der Waals surface area contributed by atoms with Gasteiger partial charge in [-0.2, -0.15) is 0 Å². The Morgan fingerprint density at radius 2 is 1.18 bits per heavy atom. The van der Waals surface area contributed by atoms with Crippen LogP contribution in [0.1, 0.15) is 17.5 Å². The fraction of sp³-hybridized carbons (Fsp3) is 0.0426. The molecule has 2 aromatic heterocycles. The number of para-hydroxylation sites is 2. The molecule has 7 aromatic carbocycles. The van der Waals surface area contributed by atoms with Crippen molar-refractivity contribution < 1.29 is 4.42 Å². The van der Waals surface area contributed by atoms with Crippen molar-refractivity contribution in [2.75, 3.05) is 4.90 Å². The number of benzene rings is 7. The molecule has 0 unspecified atom stereocenters. The highest BCUT2D eigenvalue weighted by molar-refractivity contribution is 6.09. The van der Waals surface area contributed by atoms with Crippen LogP contribution in [-0.2, 0) is 6.42 Å². The number of rotatable bonds is 6. The first kappa shape index (κ1) is 29.3. The molecule has 2 heterocycles. The molecule has 0 spiro atoms. The first-order chi connectivity index (χ1) is 25.3. The van der Waals surface area contributed by atoms with Gasteiger partial charge in [0, 0.05) is 44.7 Å². The van der Waals surface area contributed by atoms with E-state index in [0.717, 1.165) is 46.6 Å². The maximum Gasteiger partial charge on any atom is 0.227 e. The fourth-order valence-corrected chi connectivity index (χ4v) is 7.73. The van der Waals surface area contributed by atoms with Crippen molar-refractivity contribution >= 4 is 50.4 Å². The molecule has 0 saturated carbocycles. The number of oxazole rings is 1. The molecular formula is C47H33N3O. The van der Waals surface area contributed by atoms with Gasteiger partial charge in [-0.3, -0.25) is 0 Å². The van der Waals surface area contributed by atoms with Gasteiger partial charge in [0.1, 0.15) is 5.52 Å². The lowest BCUT2D eigenvalue weighted by molar-refractivity contribution is 0.614. The van der Waals surface area contributed by atoms with Gasteiger partial charge in [-0.05, 0) is 102 Å². The van der Waals surface area contributed by atoms with Crippen molar-refractivity contribution in [3.8, 4) is 28.3 Å². The molecular weight excluding hydrogens is 623 g/mol. The van der Waals surface area contributed by atoms with E-state index in [9.17, 15) is 0 Å². The standard InChI is InChI=1S/C47H33N3O/c1-3-12-32(13-4-1)34-16-11-17-38(30-34)49(36-23-25-37(26-24-36)50-44-20-9-7-18-41(44)42-19-8-10-21-45(42)50)39-27-28-40-35(31-39)22-29-43-46(40)51-47(48-43)33-14-5-2-6-15-33/h1-26,29-31H,27-28H2. The lowest BCUT2D eigenvalue weighted by atomic mass is 9.93. The Bertz CT molecular complexity index is 2680. The van der Waals surface area contributed by atoms with Gasteiger partial charge in [0.15, 0.2) is 5.58 Å². The number of nitrogens with zero attached hydrogens (tertiary/aromatic N) is 3. The van der Waals surface area contributed by atoms with E-state index in [4.69, 9.17) is 9.40 Å². The summed E-state index contributed by atoms with van der Waals surface area (Å²) >= 11 is 0. The molecule has 0 fully saturated rings. The van der Waals surface area contributed by atoms with E-state index in [2.05, 4.69) is 155 Å². The average Bonchev–Trinajstić information content (AvgIpc) is 3.79. The van der Waals surface area contributed by atoms with Crippen molar-refractivity contribution in [3.05, 3.63) is 187 Å². The molecule has 0 bridgehead atoms. The van der Waals surface area contributed by atoms with Gasteiger partial charge < -0.3 is 13.9 Å².